The lowest BCUT2D eigenvalue weighted by Gasteiger charge is -2.26. The SMILES string of the molecule is Cc1ccc(N(c2ccc(C)cc2)S(=O)(=O)c2cc3sc4c5ccccc5ccc4c3c3ccccc23)cc1. The fourth-order valence-electron chi connectivity index (χ4n) is 5.43. The van der Waals surface area contributed by atoms with Crippen LogP contribution in [0.3, 0.4) is 0 Å². The average molecular weight is 544 g/mol. The second-order valence-corrected chi connectivity index (χ2v) is 12.8. The molecule has 0 atom stereocenters. The first kappa shape index (κ1) is 23.9. The molecule has 7 rings (SSSR count). The summed E-state index contributed by atoms with van der Waals surface area (Å²) in [6, 6.07) is 37.7. The maximum absolute atomic E-state index is 14.7. The summed E-state index contributed by atoms with van der Waals surface area (Å²) in [4.78, 5) is 0.308. The molecule has 0 unspecified atom stereocenters. The normalized spacial score (nSPS) is 12.1. The molecule has 0 radical (unpaired) electrons. The van der Waals surface area contributed by atoms with Gasteiger partial charge in [0, 0.05) is 25.6 Å². The molecule has 6 aromatic carbocycles. The van der Waals surface area contributed by atoms with Crippen molar-refractivity contribution in [2.24, 2.45) is 0 Å². The first-order valence-electron chi connectivity index (χ1n) is 12.9. The lowest BCUT2D eigenvalue weighted by molar-refractivity contribution is 0.597. The van der Waals surface area contributed by atoms with Crippen molar-refractivity contribution in [1.29, 1.82) is 0 Å². The van der Waals surface area contributed by atoms with E-state index in [0.717, 1.165) is 37.4 Å². The predicted octanol–water partition coefficient (Wildman–Crippen LogP) is 9.50. The quantitative estimate of drug-likeness (QED) is 0.222. The predicted molar refractivity (Wildman–Crippen MR) is 166 cm³/mol. The first-order valence-corrected chi connectivity index (χ1v) is 15.1. The van der Waals surface area contributed by atoms with Crippen molar-refractivity contribution in [3.63, 3.8) is 0 Å². The third-order valence-electron chi connectivity index (χ3n) is 7.39. The molecule has 7 aromatic rings. The van der Waals surface area contributed by atoms with Crippen molar-refractivity contribution in [3.8, 4) is 0 Å². The Kier molecular flexibility index (Phi) is 5.48. The number of hydrogen-bond donors (Lipinski definition) is 0. The Morgan fingerprint density at radius 3 is 1.79 bits per heavy atom. The van der Waals surface area contributed by atoms with Gasteiger partial charge < -0.3 is 0 Å². The molecule has 1 heterocycles. The van der Waals surface area contributed by atoms with Crippen LogP contribution in [0.15, 0.2) is 120 Å². The summed E-state index contributed by atoms with van der Waals surface area (Å²) < 4.78 is 33.1. The fourth-order valence-corrected chi connectivity index (χ4v) is 8.52. The Hall–Kier alpha value is -4.19. The minimum atomic E-state index is -3.99. The molecule has 0 amide bonds. The smallest absolute Gasteiger partial charge is 0.235 e. The molecule has 0 spiro atoms. The Balaban J connectivity index is 1.55. The van der Waals surface area contributed by atoms with Gasteiger partial charge in [0.2, 0.25) is 0 Å². The standard InChI is InChI=1S/C34H25NO2S2/c1-22-11-16-25(17-12-22)35(26-18-13-23(2)14-19-26)39(36,37)32-21-31-33(29-10-6-5-9-28(29)32)30-20-15-24-7-3-4-8-27(24)34(30)38-31/h3-21H,1-2H3. The number of nitrogens with zero attached hydrogens (tertiary/aromatic N) is 1. The van der Waals surface area contributed by atoms with Crippen molar-refractivity contribution in [1.82, 2.24) is 0 Å². The molecule has 0 aliphatic rings. The number of rotatable bonds is 4. The van der Waals surface area contributed by atoms with Gasteiger partial charge in [-0.1, -0.05) is 96.1 Å². The highest BCUT2D eigenvalue weighted by atomic mass is 32.2. The van der Waals surface area contributed by atoms with E-state index in [1.165, 1.54) is 19.8 Å². The van der Waals surface area contributed by atoms with Gasteiger partial charge in [-0.15, -0.1) is 11.3 Å². The van der Waals surface area contributed by atoms with Crippen LogP contribution >= 0.6 is 11.3 Å². The van der Waals surface area contributed by atoms with E-state index in [0.29, 0.717) is 16.3 Å². The van der Waals surface area contributed by atoms with E-state index >= 15 is 0 Å². The molecule has 39 heavy (non-hydrogen) atoms. The van der Waals surface area contributed by atoms with Crippen LogP contribution in [-0.4, -0.2) is 8.42 Å². The van der Waals surface area contributed by atoms with E-state index in [4.69, 9.17) is 0 Å². The fraction of sp³-hybridized carbons (Fsp3) is 0.0588. The van der Waals surface area contributed by atoms with Crippen LogP contribution in [0.2, 0.25) is 0 Å². The molecule has 0 N–H and O–H groups in total. The summed E-state index contributed by atoms with van der Waals surface area (Å²) in [6.07, 6.45) is 0. The molecule has 1 aromatic heterocycles. The highest BCUT2D eigenvalue weighted by Crippen LogP contribution is 2.45. The molecule has 0 saturated carbocycles. The minimum Gasteiger partial charge on any atom is -0.235 e. The highest BCUT2D eigenvalue weighted by Gasteiger charge is 2.30. The van der Waals surface area contributed by atoms with Gasteiger partial charge in [-0.3, -0.25) is 0 Å². The third kappa shape index (κ3) is 3.81. The number of anilines is 2. The van der Waals surface area contributed by atoms with Crippen molar-refractivity contribution in [3.05, 3.63) is 126 Å². The molecule has 0 fully saturated rings. The van der Waals surface area contributed by atoms with E-state index in [1.54, 1.807) is 11.3 Å². The summed E-state index contributed by atoms with van der Waals surface area (Å²) in [7, 11) is -3.99. The van der Waals surface area contributed by atoms with Crippen molar-refractivity contribution in [2.75, 3.05) is 4.31 Å². The second kappa shape index (κ2) is 8.94. The zero-order chi connectivity index (χ0) is 26.7. The number of fused-ring (bicyclic) bond motifs is 7. The zero-order valence-corrected chi connectivity index (χ0v) is 23.2. The van der Waals surface area contributed by atoms with E-state index in [9.17, 15) is 8.42 Å². The minimum absolute atomic E-state index is 0.308. The van der Waals surface area contributed by atoms with Gasteiger partial charge in [-0.05, 0) is 60.3 Å². The van der Waals surface area contributed by atoms with Crippen molar-refractivity contribution in [2.45, 2.75) is 18.7 Å². The topological polar surface area (TPSA) is 37.4 Å². The van der Waals surface area contributed by atoms with Gasteiger partial charge in [0.25, 0.3) is 10.0 Å². The molecule has 0 aliphatic carbocycles. The molecule has 0 aliphatic heterocycles. The molecule has 190 valence electrons. The van der Waals surface area contributed by atoms with Gasteiger partial charge >= 0.3 is 0 Å². The van der Waals surface area contributed by atoms with Crippen LogP contribution in [0, 0.1) is 13.8 Å². The molecule has 3 nitrogen and oxygen atoms in total. The maximum Gasteiger partial charge on any atom is 0.269 e. The Morgan fingerprint density at radius 1 is 0.590 bits per heavy atom. The largest absolute Gasteiger partial charge is 0.269 e. The summed E-state index contributed by atoms with van der Waals surface area (Å²) in [5.74, 6) is 0. The monoisotopic (exact) mass is 543 g/mol. The highest BCUT2D eigenvalue weighted by molar-refractivity contribution is 7.93. The summed E-state index contributed by atoms with van der Waals surface area (Å²) in [5, 5.41) is 6.30. The maximum atomic E-state index is 14.7. The molecular weight excluding hydrogens is 519 g/mol. The number of hydrogen-bond acceptors (Lipinski definition) is 3. The van der Waals surface area contributed by atoms with Gasteiger partial charge in [0.1, 0.15) is 0 Å². The molecular formula is C34H25NO2S2. The number of thiophene rings is 1. The Labute approximate surface area is 231 Å². The number of sulfonamides is 1. The van der Waals surface area contributed by atoms with Crippen LogP contribution in [0.25, 0.3) is 41.7 Å². The second-order valence-electron chi connectivity index (χ2n) is 10.00. The van der Waals surface area contributed by atoms with Crippen LogP contribution < -0.4 is 4.31 Å². The van der Waals surface area contributed by atoms with E-state index in [2.05, 4.69) is 30.3 Å². The molecule has 5 heteroatoms. The summed E-state index contributed by atoms with van der Waals surface area (Å²) >= 11 is 1.66. The zero-order valence-electron chi connectivity index (χ0n) is 21.5. The van der Waals surface area contributed by atoms with E-state index in [-0.39, 0.29) is 0 Å². The lowest BCUT2D eigenvalue weighted by Crippen LogP contribution is -2.26. The Bertz CT molecular complexity index is 2100. The summed E-state index contributed by atoms with van der Waals surface area (Å²) in [5.41, 5.74) is 3.36. The Morgan fingerprint density at radius 2 is 1.15 bits per heavy atom. The van der Waals surface area contributed by atoms with Gasteiger partial charge in [0.15, 0.2) is 0 Å². The average Bonchev–Trinajstić information content (AvgIpc) is 3.34. The first-order chi connectivity index (χ1) is 18.9. The van der Waals surface area contributed by atoms with Crippen molar-refractivity contribution < 1.29 is 8.42 Å². The molecule has 0 saturated heterocycles. The lowest BCUT2D eigenvalue weighted by atomic mass is 10.0. The van der Waals surface area contributed by atoms with Gasteiger partial charge in [0.05, 0.1) is 16.3 Å². The van der Waals surface area contributed by atoms with Gasteiger partial charge in [-0.2, -0.15) is 0 Å². The molecule has 0 bridgehead atoms. The van der Waals surface area contributed by atoms with Crippen LogP contribution in [-0.2, 0) is 10.0 Å². The van der Waals surface area contributed by atoms with Crippen LogP contribution in [0.4, 0.5) is 11.4 Å². The van der Waals surface area contributed by atoms with E-state index in [1.807, 2.05) is 98.8 Å². The van der Waals surface area contributed by atoms with E-state index < -0.39 is 10.0 Å². The number of benzene rings is 6. The number of aryl methyl sites for hydroxylation is 2. The van der Waals surface area contributed by atoms with Gasteiger partial charge in [-0.25, -0.2) is 12.7 Å². The summed E-state index contributed by atoms with van der Waals surface area (Å²) in [6.45, 7) is 4.00. The van der Waals surface area contributed by atoms with Crippen LogP contribution in [0.1, 0.15) is 11.1 Å². The van der Waals surface area contributed by atoms with Crippen LogP contribution in [0.5, 0.6) is 0 Å². The van der Waals surface area contributed by atoms with Crippen molar-refractivity contribution >= 4 is 74.5 Å². The third-order valence-corrected chi connectivity index (χ3v) is 10.4.